The van der Waals surface area contributed by atoms with E-state index in [0.717, 1.165) is 0 Å². The summed E-state index contributed by atoms with van der Waals surface area (Å²) in [5, 5.41) is 26.1. The van der Waals surface area contributed by atoms with E-state index in [-0.39, 0.29) is 145 Å². The molecule has 0 aromatic heterocycles. The van der Waals surface area contributed by atoms with Crippen LogP contribution in [0.2, 0.25) is 0 Å². The number of carboxylic acids is 2. The van der Waals surface area contributed by atoms with Gasteiger partial charge in [-0.3, -0.25) is 19.4 Å². The van der Waals surface area contributed by atoms with E-state index in [1.54, 1.807) is 0 Å². The molecule has 1 atom stereocenters. The fourth-order valence-electron chi connectivity index (χ4n) is 0.868. The van der Waals surface area contributed by atoms with Gasteiger partial charge in [-0.1, -0.05) is 0 Å². The number of carbonyl (C=O) groups excluding carboxylic acids is 1. The van der Waals surface area contributed by atoms with Crippen molar-refractivity contribution in [3.8, 4) is 0 Å². The van der Waals surface area contributed by atoms with Crippen molar-refractivity contribution in [2.45, 2.75) is 18.4 Å². The van der Waals surface area contributed by atoms with Gasteiger partial charge < -0.3 is 19.8 Å². The van der Waals surface area contributed by atoms with E-state index in [9.17, 15) is 24.1 Å². The molecule has 21 heavy (non-hydrogen) atoms. The van der Waals surface area contributed by atoms with Crippen molar-refractivity contribution in [1.82, 2.24) is 0 Å². The first-order valence-corrected chi connectivity index (χ1v) is 5.45. The summed E-state index contributed by atoms with van der Waals surface area (Å²) in [7, 11) is -5.17. The predicted octanol–water partition coefficient (Wildman–Crippen LogP) is -3.22. The number of rotatable bonds is 6. The van der Waals surface area contributed by atoms with Crippen molar-refractivity contribution in [3.63, 3.8) is 0 Å². The fourth-order valence-corrected chi connectivity index (χ4v) is 1.20. The SMILES string of the molecule is Cl.O=C(O)CC(O)(CC(=O)OP(=O)(O)O)C(=O)O.[KH].[KH].[NaH]. The summed E-state index contributed by atoms with van der Waals surface area (Å²) in [4.78, 5) is 48.1. The number of aliphatic hydroxyl groups is 1. The van der Waals surface area contributed by atoms with E-state index in [2.05, 4.69) is 4.52 Å². The zero-order valence-electron chi connectivity index (χ0n) is 8.55. The normalized spacial score (nSPS) is 12.0. The molecule has 10 nitrogen and oxygen atoms in total. The molecule has 0 aromatic rings. The van der Waals surface area contributed by atoms with Crippen molar-refractivity contribution in [2.75, 3.05) is 0 Å². The van der Waals surface area contributed by atoms with Crippen LogP contribution in [0.25, 0.3) is 0 Å². The van der Waals surface area contributed by atoms with E-state index in [1.807, 2.05) is 0 Å². The Morgan fingerprint density at radius 3 is 1.67 bits per heavy atom. The van der Waals surface area contributed by atoms with Gasteiger partial charge >= 0.3 is 158 Å². The molecule has 15 heteroatoms. The van der Waals surface area contributed by atoms with Crippen molar-refractivity contribution in [3.05, 3.63) is 0 Å². The van der Waals surface area contributed by atoms with Crippen LogP contribution in [-0.2, 0) is 23.5 Å². The predicted molar refractivity (Wildman–Crippen MR) is 76.3 cm³/mol. The molecule has 0 aromatic carbocycles. The second-order valence-corrected chi connectivity index (χ2v) is 4.20. The van der Waals surface area contributed by atoms with Crippen molar-refractivity contribution >= 4 is 170 Å². The first kappa shape index (κ1) is 35.2. The molecular weight excluding hydrogens is 400 g/mol. The monoisotopic (exact) mass is 412 g/mol. The van der Waals surface area contributed by atoms with E-state index in [0.29, 0.717) is 0 Å². The standard InChI is InChI=1S/C6H9O10P.ClH.2K.Na.3H/c7-3(8)1-6(12,5(10)11)2-4(9)16-17(13,14)15;;;;;;;/h12H,1-2H2,(H,7,8)(H,10,11)(H2,13,14,15);1H;;;;;;. The first-order valence-electron chi connectivity index (χ1n) is 3.92. The second-order valence-electron chi connectivity index (χ2n) is 3.04. The topological polar surface area (TPSA) is 179 Å². The molecule has 5 N–H and O–H groups in total. The van der Waals surface area contributed by atoms with Gasteiger partial charge in [0.1, 0.15) is 0 Å². The second kappa shape index (κ2) is 15.3. The van der Waals surface area contributed by atoms with Crippen LogP contribution >= 0.6 is 20.2 Å². The molecule has 0 spiro atoms. The third-order valence-corrected chi connectivity index (χ3v) is 1.94. The molecule has 0 rings (SSSR count). The third-order valence-electron chi connectivity index (χ3n) is 1.50. The van der Waals surface area contributed by atoms with Gasteiger partial charge in [-0.15, -0.1) is 12.4 Å². The quantitative estimate of drug-likeness (QED) is 0.220. The number of hydrogen-bond donors (Lipinski definition) is 5. The number of phosphoric acid groups is 1. The molecule has 0 saturated heterocycles. The number of aliphatic carboxylic acids is 2. The van der Waals surface area contributed by atoms with E-state index >= 15 is 0 Å². The van der Waals surface area contributed by atoms with E-state index < -0.39 is 44.2 Å². The van der Waals surface area contributed by atoms with Crippen LogP contribution in [0.4, 0.5) is 0 Å². The molecule has 112 valence electrons. The summed E-state index contributed by atoms with van der Waals surface area (Å²) in [6.07, 6.45) is -2.72. The van der Waals surface area contributed by atoms with E-state index in [1.165, 1.54) is 0 Å². The Morgan fingerprint density at radius 2 is 1.43 bits per heavy atom. The van der Waals surface area contributed by atoms with Gasteiger partial charge in [0.2, 0.25) is 0 Å². The summed E-state index contributed by atoms with van der Waals surface area (Å²) in [5.41, 5.74) is -2.99. The molecule has 0 radical (unpaired) electrons. The van der Waals surface area contributed by atoms with E-state index in [4.69, 9.17) is 20.0 Å². The third kappa shape index (κ3) is 17.7. The Morgan fingerprint density at radius 1 is 1.05 bits per heavy atom. The molecule has 1 unspecified atom stereocenters. The number of halogens is 1. The summed E-state index contributed by atoms with van der Waals surface area (Å²) < 4.78 is 13.7. The molecule has 0 aliphatic heterocycles. The fraction of sp³-hybridized carbons (Fsp3) is 0.500. The van der Waals surface area contributed by atoms with Crippen LogP contribution in [-0.4, -0.2) is 181 Å². The maximum absolute atomic E-state index is 10.8. The molecule has 0 aliphatic rings. The average Bonchev–Trinajstić information content (AvgIpc) is 1.96. The Hall–Kier alpha value is 3.08. The Labute approximate surface area is 232 Å². The molecule has 0 saturated carbocycles. The zero-order chi connectivity index (χ0) is 13.9. The van der Waals surface area contributed by atoms with Crippen LogP contribution in [0.15, 0.2) is 0 Å². The Bertz CT molecular complexity index is 403. The van der Waals surface area contributed by atoms with Crippen LogP contribution in [0, 0.1) is 0 Å². The molecule has 0 aliphatic carbocycles. The van der Waals surface area contributed by atoms with Gasteiger partial charge in [0.15, 0.2) is 5.60 Å². The van der Waals surface area contributed by atoms with Gasteiger partial charge in [-0.25, -0.2) is 9.36 Å². The number of phosphoric ester groups is 1. The molecule has 0 heterocycles. The van der Waals surface area contributed by atoms with Crippen LogP contribution in [0.5, 0.6) is 0 Å². The molecule has 0 amide bonds. The van der Waals surface area contributed by atoms with Crippen molar-refractivity contribution in [1.29, 1.82) is 0 Å². The minimum atomic E-state index is -5.17. The maximum atomic E-state index is 10.8. The first-order chi connectivity index (χ1) is 7.46. The molecule has 0 bridgehead atoms. The van der Waals surface area contributed by atoms with Crippen LogP contribution in [0.1, 0.15) is 12.8 Å². The summed E-state index contributed by atoms with van der Waals surface area (Å²) in [6.45, 7) is 0. The van der Waals surface area contributed by atoms with Gasteiger partial charge in [0.05, 0.1) is 12.8 Å². The minimum absolute atomic E-state index is 0. The number of carboxylic acid groups (broad SMARTS) is 2. The summed E-state index contributed by atoms with van der Waals surface area (Å²) in [5.74, 6) is -5.47. The molecular formula is C6H13ClK2NaO10P. The van der Waals surface area contributed by atoms with Crippen LogP contribution in [0.3, 0.4) is 0 Å². The number of carbonyl (C=O) groups is 3. The molecule has 0 fully saturated rings. The average molecular weight is 413 g/mol. The number of hydrogen-bond acceptors (Lipinski definition) is 6. The van der Waals surface area contributed by atoms with Crippen LogP contribution < -0.4 is 0 Å². The Kier molecular flexibility index (Phi) is 25.8. The Balaban J connectivity index is -0.000000213. The van der Waals surface area contributed by atoms with Crippen molar-refractivity contribution in [2.24, 2.45) is 0 Å². The summed E-state index contributed by atoms with van der Waals surface area (Å²) in [6, 6.07) is 0. The van der Waals surface area contributed by atoms with Crippen molar-refractivity contribution < 1.29 is 48.6 Å². The van der Waals surface area contributed by atoms with Gasteiger partial charge in [-0.05, 0) is 0 Å². The van der Waals surface area contributed by atoms with Gasteiger partial charge in [0.25, 0.3) is 0 Å². The van der Waals surface area contributed by atoms with Gasteiger partial charge in [0, 0.05) is 0 Å². The summed E-state index contributed by atoms with van der Waals surface area (Å²) >= 11 is 0. The van der Waals surface area contributed by atoms with Gasteiger partial charge in [-0.2, -0.15) is 0 Å². The zero-order valence-corrected chi connectivity index (χ0v) is 10.3.